The van der Waals surface area contributed by atoms with Gasteiger partial charge in [-0.1, -0.05) is 60.7 Å². The first kappa shape index (κ1) is 20.7. The maximum absolute atomic E-state index is 13.1. The molecule has 0 aliphatic rings. The molecule has 164 valence electrons. The number of aliphatic hydroxyl groups is 1. The van der Waals surface area contributed by atoms with E-state index in [1.54, 1.807) is 6.20 Å². The number of hydrogen-bond donors (Lipinski definition) is 3. The number of benzene rings is 3. The Labute approximate surface area is 191 Å². The zero-order chi connectivity index (χ0) is 22.6. The second-order valence-electron chi connectivity index (χ2n) is 7.90. The summed E-state index contributed by atoms with van der Waals surface area (Å²) < 4.78 is 0. The summed E-state index contributed by atoms with van der Waals surface area (Å²) in [6.07, 6.45) is 2.25. The topological polar surface area (TPSA) is 85.0 Å². The molecule has 0 fully saturated rings. The van der Waals surface area contributed by atoms with Gasteiger partial charge < -0.3 is 20.0 Å². The molecule has 0 saturated heterocycles. The molecule has 0 spiro atoms. The third-order valence-electron chi connectivity index (χ3n) is 5.75. The molecule has 0 unspecified atom stereocenters. The number of fused-ring (bicyclic) bond motifs is 1. The lowest BCUT2D eigenvalue weighted by molar-refractivity contribution is 0.264. The Kier molecular flexibility index (Phi) is 5.74. The molecule has 2 aromatic heterocycles. The largest absolute Gasteiger partial charge is 0.394 e. The number of aromatic nitrogens is 3. The smallest absolute Gasteiger partial charge is 0.261 e. The van der Waals surface area contributed by atoms with Crippen LogP contribution in [0.3, 0.4) is 0 Å². The van der Waals surface area contributed by atoms with Crippen LogP contribution in [0.5, 0.6) is 0 Å². The van der Waals surface area contributed by atoms with Crippen LogP contribution in [0.4, 0.5) is 11.4 Å². The minimum Gasteiger partial charge on any atom is -0.394 e. The number of aliphatic hydroxyl groups excluding tert-OH is 1. The molecule has 3 aromatic carbocycles. The van der Waals surface area contributed by atoms with Gasteiger partial charge in [-0.25, -0.2) is 4.98 Å². The molecule has 33 heavy (non-hydrogen) atoms. The Morgan fingerprint density at radius 1 is 0.879 bits per heavy atom. The van der Waals surface area contributed by atoms with Crippen molar-refractivity contribution in [3.63, 3.8) is 0 Å². The van der Waals surface area contributed by atoms with Gasteiger partial charge in [0.25, 0.3) is 5.56 Å². The third-order valence-corrected chi connectivity index (χ3v) is 5.75. The number of rotatable bonds is 7. The lowest BCUT2D eigenvalue weighted by Gasteiger charge is -2.34. The number of hydrogen-bond acceptors (Lipinski definition) is 4. The van der Waals surface area contributed by atoms with Crippen LogP contribution in [0, 0.1) is 0 Å². The van der Waals surface area contributed by atoms with Gasteiger partial charge >= 0.3 is 0 Å². The Morgan fingerprint density at radius 3 is 2.30 bits per heavy atom. The summed E-state index contributed by atoms with van der Waals surface area (Å²) in [7, 11) is 0. The van der Waals surface area contributed by atoms with Crippen LogP contribution in [-0.4, -0.2) is 32.7 Å². The van der Waals surface area contributed by atoms with Crippen LogP contribution in [0.15, 0.2) is 102 Å². The highest BCUT2D eigenvalue weighted by Crippen LogP contribution is 2.34. The normalized spacial score (nSPS) is 12.0. The van der Waals surface area contributed by atoms with Crippen molar-refractivity contribution in [1.29, 1.82) is 0 Å². The highest BCUT2D eigenvalue weighted by atomic mass is 16.3. The maximum atomic E-state index is 13.1. The molecule has 3 N–H and O–H groups in total. The molecule has 0 aliphatic heterocycles. The Balaban J connectivity index is 1.69. The molecule has 0 aliphatic carbocycles. The van der Waals surface area contributed by atoms with Gasteiger partial charge in [-0.2, -0.15) is 0 Å². The van der Waals surface area contributed by atoms with Gasteiger partial charge in [-0.05, 0) is 42.3 Å². The van der Waals surface area contributed by atoms with E-state index in [2.05, 4.69) is 15.0 Å². The van der Waals surface area contributed by atoms with Crippen LogP contribution < -0.4 is 10.5 Å². The number of imidazole rings is 1. The van der Waals surface area contributed by atoms with E-state index < -0.39 is 0 Å². The summed E-state index contributed by atoms with van der Waals surface area (Å²) in [5, 5.41) is 10.5. The Morgan fingerprint density at radius 2 is 1.58 bits per heavy atom. The number of para-hydroxylation sites is 3. The SMILES string of the molecule is O=c1[nH]ccc(N(c2ccccc2)[C@H](CO)Cc2ccccc2)c1-c1nc2ccccc2[nH]1. The molecule has 6 nitrogen and oxygen atoms in total. The van der Waals surface area contributed by atoms with E-state index >= 15 is 0 Å². The van der Waals surface area contributed by atoms with Gasteiger partial charge in [0.1, 0.15) is 11.4 Å². The second kappa shape index (κ2) is 9.14. The molecular formula is C27H24N4O2. The number of anilines is 2. The second-order valence-corrected chi connectivity index (χ2v) is 7.90. The van der Waals surface area contributed by atoms with E-state index in [9.17, 15) is 9.90 Å². The number of H-pyrrole nitrogens is 2. The van der Waals surface area contributed by atoms with Gasteiger partial charge in [-0.3, -0.25) is 4.79 Å². The van der Waals surface area contributed by atoms with E-state index in [-0.39, 0.29) is 18.2 Å². The molecule has 0 amide bonds. The zero-order valence-corrected chi connectivity index (χ0v) is 18.0. The maximum Gasteiger partial charge on any atom is 0.261 e. The summed E-state index contributed by atoms with van der Waals surface area (Å²) in [5.41, 5.74) is 4.50. The van der Waals surface area contributed by atoms with Crippen molar-refractivity contribution in [2.45, 2.75) is 12.5 Å². The van der Waals surface area contributed by atoms with E-state index in [1.165, 1.54) is 0 Å². The fourth-order valence-electron chi connectivity index (χ4n) is 4.23. The monoisotopic (exact) mass is 436 g/mol. The molecule has 6 heteroatoms. The third kappa shape index (κ3) is 4.16. The standard InChI is InChI=1S/C27H24N4O2/c32-18-21(17-19-9-3-1-4-10-19)31(20-11-5-2-6-12-20)24-15-16-28-27(33)25(24)26-29-22-13-7-8-14-23(22)30-26/h1-16,21,32H,17-18H2,(H,28,33)(H,29,30)/t21-/m0/s1. The predicted molar refractivity (Wildman–Crippen MR) is 132 cm³/mol. The molecule has 2 heterocycles. The van der Waals surface area contributed by atoms with Crippen molar-refractivity contribution in [2.75, 3.05) is 11.5 Å². The minimum absolute atomic E-state index is 0.0871. The van der Waals surface area contributed by atoms with Crippen molar-refractivity contribution < 1.29 is 5.11 Å². The number of nitrogens with zero attached hydrogens (tertiary/aromatic N) is 2. The quantitative estimate of drug-likeness (QED) is 0.346. The number of aromatic amines is 2. The summed E-state index contributed by atoms with van der Waals surface area (Å²) in [4.78, 5) is 25.9. The van der Waals surface area contributed by atoms with Crippen LogP contribution in [-0.2, 0) is 6.42 Å². The number of nitrogens with one attached hydrogen (secondary N) is 2. The van der Waals surface area contributed by atoms with Gasteiger partial charge in [0.05, 0.1) is 29.4 Å². The average molecular weight is 437 g/mol. The first-order valence-electron chi connectivity index (χ1n) is 10.9. The lowest BCUT2D eigenvalue weighted by Crippen LogP contribution is -2.37. The van der Waals surface area contributed by atoms with E-state index in [0.29, 0.717) is 23.5 Å². The molecule has 1 atom stereocenters. The van der Waals surface area contributed by atoms with E-state index in [1.807, 2.05) is 95.9 Å². The van der Waals surface area contributed by atoms with Gasteiger partial charge in [-0.15, -0.1) is 0 Å². The number of pyridine rings is 1. The zero-order valence-electron chi connectivity index (χ0n) is 18.0. The lowest BCUT2D eigenvalue weighted by atomic mass is 10.0. The van der Waals surface area contributed by atoms with E-state index in [4.69, 9.17) is 0 Å². The van der Waals surface area contributed by atoms with Crippen molar-refractivity contribution in [3.05, 3.63) is 113 Å². The molecule has 0 bridgehead atoms. The molecular weight excluding hydrogens is 412 g/mol. The van der Waals surface area contributed by atoms with Crippen LogP contribution in [0.2, 0.25) is 0 Å². The summed E-state index contributed by atoms with van der Waals surface area (Å²) in [5.74, 6) is 0.491. The van der Waals surface area contributed by atoms with Crippen molar-refractivity contribution >= 4 is 22.4 Å². The van der Waals surface area contributed by atoms with Crippen molar-refractivity contribution in [1.82, 2.24) is 15.0 Å². The molecule has 5 rings (SSSR count). The van der Waals surface area contributed by atoms with Gasteiger partial charge in [0.15, 0.2) is 0 Å². The van der Waals surface area contributed by atoms with Crippen LogP contribution in [0.25, 0.3) is 22.4 Å². The summed E-state index contributed by atoms with van der Waals surface area (Å²) >= 11 is 0. The fraction of sp³-hybridized carbons (Fsp3) is 0.111. The Bertz CT molecular complexity index is 1380. The highest BCUT2D eigenvalue weighted by molar-refractivity contribution is 5.85. The summed E-state index contributed by atoms with van der Waals surface area (Å²) in [6, 6.07) is 29.1. The van der Waals surface area contributed by atoms with E-state index in [0.717, 1.165) is 22.3 Å². The minimum atomic E-state index is -0.292. The molecule has 5 aromatic rings. The molecule has 0 saturated carbocycles. The van der Waals surface area contributed by atoms with Crippen molar-refractivity contribution in [3.8, 4) is 11.4 Å². The van der Waals surface area contributed by atoms with Gasteiger partial charge in [0.2, 0.25) is 0 Å². The predicted octanol–water partition coefficient (Wildman–Crippen LogP) is 4.66. The fourth-order valence-corrected chi connectivity index (χ4v) is 4.23. The molecule has 0 radical (unpaired) electrons. The Hall–Kier alpha value is -4.16. The first-order valence-corrected chi connectivity index (χ1v) is 10.9. The first-order chi connectivity index (χ1) is 16.2. The average Bonchev–Trinajstić information content (AvgIpc) is 3.29. The van der Waals surface area contributed by atoms with Crippen LogP contribution in [0.1, 0.15) is 5.56 Å². The summed E-state index contributed by atoms with van der Waals surface area (Å²) in [6.45, 7) is -0.0871. The van der Waals surface area contributed by atoms with Crippen molar-refractivity contribution in [2.24, 2.45) is 0 Å². The van der Waals surface area contributed by atoms with Gasteiger partial charge in [0, 0.05) is 11.9 Å². The highest BCUT2D eigenvalue weighted by Gasteiger charge is 2.26. The van der Waals surface area contributed by atoms with Crippen LogP contribution >= 0.6 is 0 Å².